The van der Waals surface area contributed by atoms with Crippen molar-refractivity contribution in [3.8, 4) is 0 Å². The molecule has 0 atom stereocenters. The van der Waals surface area contributed by atoms with Crippen LogP contribution in [0.1, 0.15) is 26.0 Å². The van der Waals surface area contributed by atoms with E-state index in [9.17, 15) is 0 Å². The summed E-state index contributed by atoms with van der Waals surface area (Å²) in [7, 11) is 3.46. The maximum atomic E-state index is 5.20. The quantitative estimate of drug-likeness (QED) is 0.633. The third kappa shape index (κ3) is 7.41. The predicted molar refractivity (Wildman–Crippen MR) is 86.8 cm³/mol. The molecule has 1 heterocycles. The smallest absolute Gasteiger partial charge is 0.128 e. The average molecular weight is 295 g/mol. The SMILES string of the molecule is COCCCN(CCOC)c1cccc(CNC(C)C)n1. The largest absolute Gasteiger partial charge is 0.385 e. The fourth-order valence-electron chi connectivity index (χ4n) is 1.99. The second kappa shape index (κ2) is 10.5. The highest BCUT2D eigenvalue weighted by Crippen LogP contribution is 2.12. The van der Waals surface area contributed by atoms with Crippen molar-refractivity contribution < 1.29 is 9.47 Å². The second-order valence-electron chi connectivity index (χ2n) is 5.35. The van der Waals surface area contributed by atoms with Crippen LogP contribution in [0.25, 0.3) is 0 Å². The van der Waals surface area contributed by atoms with Gasteiger partial charge in [0.2, 0.25) is 0 Å². The Balaban J connectivity index is 2.68. The molecule has 0 aromatic carbocycles. The maximum Gasteiger partial charge on any atom is 0.128 e. The van der Waals surface area contributed by atoms with Crippen molar-refractivity contribution >= 4 is 5.82 Å². The molecule has 0 fully saturated rings. The van der Waals surface area contributed by atoms with Gasteiger partial charge in [-0.05, 0) is 18.6 Å². The minimum absolute atomic E-state index is 0.460. The zero-order valence-corrected chi connectivity index (χ0v) is 13.8. The van der Waals surface area contributed by atoms with Gasteiger partial charge in [0.1, 0.15) is 5.82 Å². The van der Waals surface area contributed by atoms with Gasteiger partial charge in [-0.25, -0.2) is 4.98 Å². The Morgan fingerprint density at radius 1 is 1.14 bits per heavy atom. The van der Waals surface area contributed by atoms with Gasteiger partial charge in [0.05, 0.1) is 12.3 Å². The summed E-state index contributed by atoms with van der Waals surface area (Å²) in [6.45, 7) is 8.29. The fraction of sp³-hybridized carbons (Fsp3) is 0.688. The molecule has 0 radical (unpaired) electrons. The lowest BCUT2D eigenvalue weighted by Gasteiger charge is -2.24. The first-order chi connectivity index (χ1) is 10.2. The van der Waals surface area contributed by atoms with Crippen LogP contribution in [0.3, 0.4) is 0 Å². The van der Waals surface area contributed by atoms with Gasteiger partial charge >= 0.3 is 0 Å². The molecule has 21 heavy (non-hydrogen) atoms. The van der Waals surface area contributed by atoms with Crippen molar-refractivity contribution in [3.63, 3.8) is 0 Å². The molecule has 0 aliphatic heterocycles. The van der Waals surface area contributed by atoms with Crippen LogP contribution in [0.2, 0.25) is 0 Å². The molecule has 1 aromatic heterocycles. The topological polar surface area (TPSA) is 46.6 Å². The third-order valence-corrected chi connectivity index (χ3v) is 3.15. The highest BCUT2D eigenvalue weighted by molar-refractivity contribution is 5.39. The van der Waals surface area contributed by atoms with Crippen molar-refractivity contribution in [1.82, 2.24) is 10.3 Å². The molecule has 0 saturated heterocycles. The Hall–Kier alpha value is -1.17. The van der Waals surface area contributed by atoms with Crippen molar-refractivity contribution in [3.05, 3.63) is 23.9 Å². The second-order valence-corrected chi connectivity index (χ2v) is 5.35. The van der Waals surface area contributed by atoms with Crippen molar-refractivity contribution in [1.29, 1.82) is 0 Å². The van der Waals surface area contributed by atoms with Gasteiger partial charge in [-0.2, -0.15) is 0 Å². The van der Waals surface area contributed by atoms with Gasteiger partial charge < -0.3 is 19.7 Å². The summed E-state index contributed by atoms with van der Waals surface area (Å²) in [4.78, 5) is 7.00. The molecular formula is C16H29N3O2. The Bertz CT molecular complexity index is 386. The first kappa shape index (κ1) is 17.9. The van der Waals surface area contributed by atoms with Crippen LogP contribution in [0, 0.1) is 0 Å². The maximum absolute atomic E-state index is 5.20. The van der Waals surface area contributed by atoms with Crippen molar-refractivity contribution in [2.24, 2.45) is 0 Å². The summed E-state index contributed by atoms with van der Waals surface area (Å²) in [6.07, 6.45) is 0.983. The molecule has 5 heteroatoms. The van der Waals surface area contributed by atoms with Crippen LogP contribution in [-0.4, -0.2) is 51.5 Å². The number of ether oxygens (including phenoxy) is 2. The van der Waals surface area contributed by atoms with E-state index in [1.54, 1.807) is 14.2 Å². The summed E-state index contributed by atoms with van der Waals surface area (Å²) in [6, 6.07) is 6.64. The number of methoxy groups -OCH3 is 2. The molecule has 0 saturated carbocycles. The van der Waals surface area contributed by atoms with Gasteiger partial charge in [0.15, 0.2) is 0 Å². The lowest BCUT2D eigenvalue weighted by atomic mass is 10.3. The zero-order chi connectivity index (χ0) is 15.5. The van der Waals surface area contributed by atoms with E-state index < -0.39 is 0 Å². The molecule has 0 amide bonds. The van der Waals surface area contributed by atoms with E-state index in [4.69, 9.17) is 14.5 Å². The summed E-state index contributed by atoms with van der Waals surface area (Å²) >= 11 is 0. The molecule has 1 rings (SSSR count). The van der Waals surface area contributed by atoms with Gasteiger partial charge in [-0.15, -0.1) is 0 Å². The number of nitrogens with zero attached hydrogens (tertiary/aromatic N) is 2. The van der Waals surface area contributed by atoms with E-state index in [1.807, 2.05) is 0 Å². The van der Waals surface area contributed by atoms with Crippen LogP contribution < -0.4 is 10.2 Å². The standard InChI is InChI=1S/C16H29N3O2/c1-14(2)17-13-15-7-5-8-16(18-15)19(10-12-21-4)9-6-11-20-3/h5,7-8,14,17H,6,9-13H2,1-4H3. The highest BCUT2D eigenvalue weighted by atomic mass is 16.5. The Kier molecular flexibility index (Phi) is 8.98. The molecule has 0 unspecified atom stereocenters. The number of anilines is 1. The van der Waals surface area contributed by atoms with Crippen LogP contribution in [0.5, 0.6) is 0 Å². The van der Waals surface area contributed by atoms with E-state index in [2.05, 4.69) is 42.3 Å². The first-order valence-electron chi connectivity index (χ1n) is 7.59. The Labute approximate surface area is 128 Å². The highest BCUT2D eigenvalue weighted by Gasteiger charge is 2.08. The van der Waals surface area contributed by atoms with E-state index in [0.29, 0.717) is 12.6 Å². The Morgan fingerprint density at radius 3 is 2.57 bits per heavy atom. The minimum Gasteiger partial charge on any atom is -0.385 e. The van der Waals surface area contributed by atoms with Crippen LogP contribution in [-0.2, 0) is 16.0 Å². The van der Waals surface area contributed by atoms with E-state index in [0.717, 1.165) is 44.2 Å². The lowest BCUT2D eigenvalue weighted by molar-refractivity contribution is 0.191. The van der Waals surface area contributed by atoms with Crippen LogP contribution >= 0.6 is 0 Å². The number of pyridine rings is 1. The molecule has 5 nitrogen and oxygen atoms in total. The average Bonchev–Trinajstić information content (AvgIpc) is 2.49. The van der Waals surface area contributed by atoms with Gasteiger partial charge in [0, 0.05) is 46.5 Å². The van der Waals surface area contributed by atoms with E-state index >= 15 is 0 Å². The van der Waals surface area contributed by atoms with Gasteiger partial charge in [0.25, 0.3) is 0 Å². The summed E-state index contributed by atoms with van der Waals surface area (Å²) in [5, 5.41) is 3.40. The molecule has 1 aromatic rings. The molecule has 120 valence electrons. The number of rotatable bonds is 11. The predicted octanol–water partition coefficient (Wildman–Crippen LogP) is 2.07. The lowest BCUT2D eigenvalue weighted by Crippen LogP contribution is -2.30. The third-order valence-electron chi connectivity index (χ3n) is 3.15. The molecular weight excluding hydrogens is 266 g/mol. The van der Waals surface area contributed by atoms with E-state index in [-0.39, 0.29) is 0 Å². The number of hydrogen-bond acceptors (Lipinski definition) is 5. The van der Waals surface area contributed by atoms with E-state index in [1.165, 1.54) is 0 Å². The van der Waals surface area contributed by atoms with Crippen LogP contribution in [0.15, 0.2) is 18.2 Å². The molecule has 0 spiro atoms. The Morgan fingerprint density at radius 2 is 1.90 bits per heavy atom. The number of aromatic nitrogens is 1. The van der Waals surface area contributed by atoms with Gasteiger partial charge in [-0.3, -0.25) is 0 Å². The van der Waals surface area contributed by atoms with Crippen LogP contribution in [0.4, 0.5) is 5.82 Å². The number of nitrogens with one attached hydrogen (secondary N) is 1. The summed E-state index contributed by atoms with van der Waals surface area (Å²) in [5.41, 5.74) is 1.07. The first-order valence-corrected chi connectivity index (χ1v) is 7.59. The number of hydrogen-bond donors (Lipinski definition) is 1. The molecule has 1 N–H and O–H groups in total. The fourth-order valence-corrected chi connectivity index (χ4v) is 1.99. The minimum atomic E-state index is 0.460. The summed E-state index contributed by atoms with van der Waals surface area (Å²) in [5.74, 6) is 1.01. The zero-order valence-electron chi connectivity index (χ0n) is 13.8. The monoisotopic (exact) mass is 295 g/mol. The van der Waals surface area contributed by atoms with Gasteiger partial charge in [-0.1, -0.05) is 19.9 Å². The molecule has 0 aliphatic carbocycles. The normalized spacial score (nSPS) is 11.1. The molecule has 0 aliphatic rings. The molecule has 0 bridgehead atoms. The van der Waals surface area contributed by atoms with Crippen molar-refractivity contribution in [2.75, 3.05) is 45.4 Å². The summed E-state index contributed by atoms with van der Waals surface area (Å²) < 4.78 is 10.3. The van der Waals surface area contributed by atoms with Crippen molar-refractivity contribution in [2.45, 2.75) is 32.9 Å².